The monoisotopic (exact) mass is 802 g/mol. The van der Waals surface area contributed by atoms with Gasteiger partial charge >= 0.3 is 0 Å². The van der Waals surface area contributed by atoms with Gasteiger partial charge in [-0.2, -0.15) is 0 Å². The van der Waals surface area contributed by atoms with Crippen LogP contribution in [-0.2, 0) is 5.41 Å². The van der Waals surface area contributed by atoms with Crippen LogP contribution < -0.4 is 4.90 Å². The van der Waals surface area contributed by atoms with Crippen molar-refractivity contribution < 1.29 is 0 Å². The summed E-state index contributed by atoms with van der Waals surface area (Å²) in [6.45, 7) is 0. The summed E-state index contributed by atoms with van der Waals surface area (Å²) in [5.74, 6) is 0. The van der Waals surface area contributed by atoms with Gasteiger partial charge in [-0.15, -0.1) is 0 Å². The van der Waals surface area contributed by atoms with Crippen LogP contribution in [0.2, 0.25) is 0 Å². The molecule has 1 heterocycles. The average molecular weight is 803 g/mol. The molecule has 11 aromatic rings. The predicted octanol–water partition coefficient (Wildman–Crippen LogP) is 16.0. The Morgan fingerprint density at radius 2 is 0.825 bits per heavy atom. The van der Waals surface area contributed by atoms with E-state index in [1.54, 1.807) is 0 Å². The first-order chi connectivity index (χ1) is 31.3. The summed E-state index contributed by atoms with van der Waals surface area (Å²) in [7, 11) is 0. The molecule has 2 heteroatoms. The first kappa shape index (κ1) is 36.6. The first-order valence-corrected chi connectivity index (χ1v) is 21.8. The fourth-order valence-electron chi connectivity index (χ4n) is 10.4. The molecule has 0 spiro atoms. The number of hydrogen-bond donors (Lipinski definition) is 0. The molecule has 0 unspecified atom stereocenters. The van der Waals surface area contributed by atoms with E-state index in [1.165, 1.54) is 71.9 Å². The topological polar surface area (TPSA) is 8.17 Å². The van der Waals surface area contributed by atoms with Gasteiger partial charge in [-0.1, -0.05) is 194 Å². The first-order valence-electron chi connectivity index (χ1n) is 21.8. The van der Waals surface area contributed by atoms with Gasteiger partial charge in [0.2, 0.25) is 0 Å². The van der Waals surface area contributed by atoms with E-state index in [0.717, 1.165) is 28.3 Å². The summed E-state index contributed by atoms with van der Waals surface area (Å²) in [4.78, 5) is 2.35. The summed E-state index contributed by atoms with van der Waals surface area (Å²) in [6, 6.07) is 93.2. The van der Waals surface area contributed by atoms with Gasteiger partial charge in [-0.25, -0.2) is 0 Å². The summed E-state index contributed by atoms with van der Waals surface area (Å²) in [6.07, 6.45) is 0. The van der Waals surface area contributed by atoms with Crippen LogP contribution in [0.4, 0.5) is 17.1 Å². The number of aromatic nitrogens is 1. The van der Waals surface area contributed by atoms with E-state index in [4.69, 9.17) is 0 Å². The molecule has 12 rings (SSSR count). The van der Waals surface area contributed by atoms with Crippen LogP contribution in [0.3, 0.4) is 0 Å². The second-order valence-corrected chi connectivity index (χ2v) is 16.4. The molecule has 1 aliphatic rings. The molecule has 10 aromatic carbocycles. The van der Waals surface area contributed by atoms with Crippen molar-refractivity contribution in [3.63, 3.8) is 0 Å². The fraction of sp³-hybridized carbons (Fsp3) is 0.0164. The summed E-state index contributed by atoms with van der Waals surface area (Å²) in [5.41, 5.74) is 18.7. The van der Waals surface area contributed by atoms with Crippen molar-refractivity contribution in [1.29, 1.82) is 0 Å². The maximum absolute atomic E-state index is 2.53. The van der Waals surface area contributed by atoms with Crippen molar-refractivity contribution in [1.82, 2.24) is 4.57 Å². The van der Waals surface area contributed by atoms with Crippen molar-refractivity contribution in [2.24, 2.45) is 0 Å². The minimum absolute atomic E-state index is 0.552. The SMILES string of the molecule is c1ccc(-c2ccc(N(c3ccccc3)c3ccc(-c4cc5c(c6c7ccccc7n(-c7ccccc7)c46)-c4ccccc4C5(c4ccccc4)c4ccccc4)cc3)cc2)cc1. The zero-order chi connectivity index (χ0) is 41.7. The predicted molar refractivity (Wildman–Crippen MR) is 264 cm³/mol. The van der Waals surface area contributed by atoms with E-state index in [0.29, 0.717) is 0 Å². The van der Waals surface area contributed by atoms with Crippen LogP contribution in [-0.4, -0.2) is 4.57 Å². The summed E-state index contributed by atoms with van der Waals surface area (Å²) >= 11 is 0. The van der Waals surface area contributed by atoms with Gasteiger partial charge in [0.15, 0.2) is 0 Å². The normalized spacial score (nSPS) is 12.6. The van der Waals surface area contributed by atoms with Crippen LogP contribution >= 0.6 is 0 Å². The van der Waals surface area contributed by atoms with Gasteiger partial charge in [0.25, 0.3) is 0 Å². The van der Waals surface area contributed by atoms with Gasteiger partial charge in [-0.3, -0.25) is 0 Å². The molecule has 0 saturated carbocycles. The highest BCUT2D eigenvalue weighted by molar-refractivity contribution is 6.22. The zero-order valence-corrected chi connectivity index (χ0v) is 34.6. The van der Waals surface area contributed by atoms with Crippen LogP contribution in [0.1, 0.15) is 22.3 Å². The Kier molecular flexibility index (Phi) is 8.76. The van der Waals surface area contributed by atoms with Crippen LogP contribution in [0.25, 0.3) is 60.9 Å². The Morgan fingerprint density at radius 3 is 1.46 bits per heavy atom. The lowest BCUT2D eigenvalue weighted by Gasteiger charge is -2.34. The van der Waals surface area contributed by atoms with Crippen molar-refractivity contribution in [3.05, 3.63) is 277 Å². The Balaban J connectivity index is 1.14. The Morgan fingerprint density at radius 1 is 0.349 bits per heavy atom. The number of para-hydroxylation sites is 3. The third-order valence-corrected chi connectivity index (χ3v) is 13.1. The molecule has 296 valence electrons. The maximum atomic E-state index is 2.53. The quantitative estimate of drug-likeness (QED) is 0.149. The number of hydrogen-bond acceptors (Lipinski definition) is 1. The third-order valence-electron chi connectivity index (χ3n) is 13.1. The number of rotatable bonds is 8. The molecule has 1 aliphatic carbocycles. The fourth-order valence-corrected chi connectivity index (χ4v) is 10.4. The molecule has 0 aliphatic heterocycles. The lowest BCUT2D eigenvalue weighted by Crippen LogP contribution is -2.28. The summed E-state index contributed by atoms with van der Waals surface area (Å²) in [5, 5.41) is 2.52. The smallest absolute Gasteiger partial charge is 0.0714 e. The minimum Gasteiger partial charge on any atom is -0.311 e. The van der Waals surface area contributed by atoms with Gasteiger partial charge in [0.05, 0.1) is 16.4 Å². The largest absolute Gasteiger partial charge is 0.311 e. The molecule has 1 aromatic heterocycles. The highest BCUT2D eigenvalue weighted by atomic mass is 15.1. The van der Waals surface area contributed by atoms with Gasteiger partial charge < -0.3 is 9.47 Å². The van der Waals surface area contributed by atoms with Crippen molar-refractivity contribution in [2.75, 3.05) is 4.90 Å². The lowest BCUT2D eigenvalue weighted by molar-refractivity contribution is 0.769. The number of benzene rings is 10. The maximum Gasteiger partial charge on any atom is 0.0714 e. The van der Waals surface area contributed by atoms with Crippen LogP contribution in [0, 0.1) is 0 Å². The Labute approximate surface area is 368 Å². The second-order valence-electron chi connectivity index (χ2n) is 16.4. The third kappa shape index (κ3) is 5.80. The van der Waals surface area contributed by atoms with E-state index < -0.39 is 5.41 Å². The van der Waals surface area contributed by atoms with Crippen molar-refractivity contribution in [2.45, 2.75) is 5.41 Å². The zero-order valence-electron chi connectivity index (χ0n) is 34.6. The number of nitrogens with zero attached hydrogens (tertiary/aromatic N) is 2. The van der Waals surface area contributed by atoms with Crippen LogP contribution in [0.5, 0.6) is 0 Å². The molecule has 63 heavy (non-hydrogen) atoms. The standard InChI is InChI=1S/C61H42N2/c1-6-20-43(21-7-1)44-34-38-50(39-35-44)62(48-26-12-4-13-27-48)51-40-36-45(37-41-51)54-42-56-58(59-53-31-17-19-33-57(53)63(60(54)59)49-28-14-5-15-29-49)52-30-16-18-32-55(52)61(56,46-22-8-2-9-23-46)47-24-10-3-11-25-47/h1-42H. The molecule has 0 fully saturated rings. The summed E-state index contributed by atoms with van der Waals surface area (Å²) < 4.78 is 2.49. The van der Waals surface area contributed by atoms with Crippen molar-refractivity contribution in [3.8, 4) is 39.1 Å². The number of fused-ring (bicyclic) bond motifs is 7. The molecule has 0 bridgehead atoms. The Bertz CT molecular complexity index is 3350. The lowest BCUT2D eigenvalue weighted by atomic mass is 9.67. The van der Waals surface area contributed by atoms with Crippen LogP contribution in [0.15, 0.2) is 255 Å². The average Bonchev–Trinajstić information content (AvgIpc) is 3.87. The molecule has 2 nitrogen and oxygen atoms in total. The Hall–Kier alpha value is -8.20. The van der Waals surface area contributed by atoms with E-state index in [1.807, 2.05) is 0 Å². The molecular formula is C61H42N2. The molecule has 0 radical (unpaired) electrons. The van der Waals surface area contributed by atoms with Crippen molar-refractivity contribution >= 4 is 38.9 Å². The molecule has 0 amide bonds. The molecule has 0 N–H and O–H groups in total. The van der Waals surface area contributed by atoms with Gasteiger partial charge in [0.1, 0.15) is 0 Å². The van der Waals surface area contributed by atoms with Gasteiger partial charge in [0, 0.05) is 39.1 Å². The molecule has 0 atom stereocenters. The van der Waals surface area contributed by atoms with Gasteiger partial charge in [-0.05, 0) is 111 Å². The molecule has 0 saturated heterocycles. The van der Waals surface area contributed by atoms with E-state index in [-0.39, 0.29) is 0 Å². The highest BCUT2D eigenvalue weighted by Gasteiger charge is 2.47. The van der Waals surface area contributed by atoms with E-state index in [2.05, 4.69) is 264 Å². The molecular weight excluding hydrogens is 761 g/mol. The second kappa shape index (κ2) is 15.1. The minimum atomic E-state index is -0.552. The van der Waals surface area contributed by atoms with E-state index >= 15 is 0 Å². The van der Waals surface area contributed by atoms with E-state index in [9.17, 15) is 0 Å². The number of anilines is 3. The highest BCUT2D eigenvalue weighted by Crippen LogP contribution is 2.60.